The molecule has 34 heavy (non-hydrogen) atoms. The Labute approximate surface area is 201 Å². The molecule has 0 saturated carbocycles. The van der Waals surface area contributed by atoms with Crippen molar-refractivity contribution in [2.75, 3.05) is 30.9 Å². The predicted octanol–water partition coefficient (Wildman–Crippen LogP) is 2.66. The maximum absolute atomic E-state index is 13.4. The Kier molecular flexibility index (Phi) is 8.50. The highest BCUT2D eigenvalue weighted by Crippen LogP contribution is 2.22. The van der Waals surface area contributed by atoms with Gasteiger partial charge < -0.3 is 20.1 Å². The summed E-state index contributed by atoms with van der Waals surface area (Å²) < 4.78 is 12.1. The molecular formula is C24H27ClN4O5. The number of nitrogens with zero attached hydrogens (tertiary/aromatic N) is 2. The molecule has 9 nitrogen and oxygen atoms in total. The molecule has 0 spiro atoms. The normalized spacial score (nSPS) is 11.7. The van der Waals surface area contributed by atoms with Crippen LogP contribution in [0.25, 0.3) is 0 Å². The van der Waals surface area contributed by atoms with Gasteiger partial charge in [0.15, 0.2) is 11.8 Å². The molecule has 0 bridgehead atoms. The second kappa shape index (κ2) is 11.5. The van der Waals surface area contributed by atoms with Crippen molar-refractivity contribution >= 4 is 29.0 Å². The van der Waals surface area contributed by atoms with Gasteiger partial charge in [-0.05, 0) is 43.2 Å². The average Bonchev–Trinajstić information content (AvgIpc) is 2.82. The summed E-state index contributed by atoms with van der Waals surface area (Å²) in [4.78, 5) is 42.3. The fraction of sp³-hybridized carbons (Fsp3) is 0.292. The van der Waals surface area contributed by atoms with E-state index in [2.05, 4.69) is 4.98 Å². The van der Waals surface area contributed by atoms with E-state index in [1.165, 1.54) is 9.47 Å². The van der Waals surface area contributed by atoms with Gasteiger partial charge in [-0.3, -0.25) is 19.1 Å². The number of amides is 1. The number of halogens is 1. The third-order valence-corrected chi connectivity index (χ3v) is 5.39. The molecule has 3 N–H and O–H groups in total. The maximum atomic E-state index is 13.4. The van der Waals surface area contributed by atoms with Gasteiger partial charge in [0, 0.05) is 25.3 Å². The number of aromatic nitrogens is 2. The zero-order valence-corrected chi connectivity index (χ0v) is 19.7. The third-order valence-electron chi connectivity index (χ3n) is 5.14. The molecule has 0 radical (unpaired) electrons. The smallest absolute Gasteiger partial charge is 0.330 e. The van der Waals surface area contributed by atoms with Crippen LogP contribution in [-0.2, 0) is 16.1 Å². The predicted molar refractivity (Wildman–Crippen MR) is 132 cm³/mol. The fourth-order valence-corrected chi connectivity index (χ4v) is 3.57. The van der Waals surface area contributed by atoms with Crippen molar-refractivity contribution in [3.63, 3.8) is 0 Å². The number of anilines is 2. The van der Waals surface area contributed by atoms with Crippen LogP contribution >= 0.6 is 11.6 Å². The summed E-state index contributed by atoms with van der Waals surface area (Å²) in [5.74, 6) is -0.159. The van der Waals surface area contributed by atoms with Crippen LogP contribution in [0.1, 0.15) is 18.9 Å². The van der Waals surface area contributed by atoms with Crippen LogP contribution in [0.5, 0.6) is 5.75 Å². The fourth-order valence-electron chi connectivity index (χ4n) is 3.45. The van der Waals surface area contributed by atoms with E-state index < -0.39 is 23.3 Å². The van der Waals surface area contributed by atoms with E-state index in [0.717, 1.165) is 5.56 Å². The second-order valence-electron chi connectivity index (χ2n) is 7.62. The summed E-state index contributed by atoms with van der Waals surface area (Å²) in [6.45, 7) is 2.20. The highest BCUT2D eigenvalue weighted by atomic mass is 35.5. The lowest BCUT2D eigenvalue weighted by Gasteiger charge is -2.27. The molecule has 0 aliphatic heterocycles. The number of hydrogen-bond donors (Lipinski definition) is 2. The van der Waals surface area contributed by atoms with E-state index in [1.54, 1.807) is 38.3 Å². The molecule has 0 fully saturated rings. The highest BCUT2D eigenvalue weighted by molar-refractivity contribution is 6.30. The SMILES string of the molecule is COCCCN(C(=O)C(C)Oc1ccc(Cl)cc1)c1c(N)n(Cc2ccccc2)c(=O)[nH]c1=O. The quantitative estimate of drug-likeness (QED) is 0.425. The molecule has 1 heterocycles. The van der Waals surface area contributed by atoms with Crippen molar-refractivity contribution in [3.05, 3.63) is 86.0 Å². The lowest BCUT2D eigenvalue weighted by molar-refractivity contribution is -0.124. The van der Waals surface area contributed by atoms with E-state index in [9.17, 15) is 14.4 Å². The number of aromatic amines is 1. The zero-order chi connectivity index (χ0) is 24.7. The molecule has 0 aliphatic rings. The lowest BCUT2D eigenvalue weighted by atomic mass is 10.2. The molecule has 3 aromatic rings. The minimum absolute atomic E-state index is 0.108. The van der Waals surface area contributed by atoms with Crippen molar-refractivity contribution in [3.8, 4) is 5.75 Å². The van der Waals surface area contributed by atoms with Gasteiger partial charge in [0.1, 0.15) is 11.6 Å². The molecule has 1 unspecified atom stereocenters. The number of H-pyrrole nitrogens is 1. The van der Waals surface area contributed by atoms with Crippen molar-refractivity contribution in [1.82, 2.24) is 9.55 Å². The van der Waals surface area contributed by atoms with Crippen LogP contribution in [-0.4, -0.2) is 41.8 Å². The molecule has 3 rings (SSSR count). The molecule has 1 aromatic heterocycles. The van der Waals surface area contributed by atoms with E-state index in [4.69, 9.17) is 26.8 Å². The van der Waals surface area contributed by atoms with Crippen LogP contribution in [0.2, 0.25) is 5.02 Å². The van der Waals surface area contributed by atoms with Gasteiger partial charge in [0.2, 0.25) is 0 Å². The number of nitrogens with one attached hydrogen (secondary N) is 1. The largest absolute Gasteiger partial charge is 0.481 e. The molecule has 0 aliphatic carbocycles. The van der Waals surface area contributed by atoms with Crippen LogP contribution in [0.4, 0.5) is 11.5 Å². The van der Waals surface area contributed by atoms with Crippen molar-refractivity contribution in [2.24, 2.45) is 0 Å². The monoisotopic (exact) mass is 486 g/mol. The topological polar surface area (TPSA) is 120 Å². The van der Waals surface area contributed by atoms with Crippen molar-refractivity contribution in [2.45, 2.75) is 26.0 Å². The summed E-state index contributed by atoms with van der Waals surface area (Å²) in [6.07, 6.45) is -0.510. The number of carbonyl (C=O) groups is 1. The van der Waals surface area contributed by atoms with Gasteiger partial charge in [-0.25, -0.2) is 4.79 Å². The van der Waals surface area contributed by atoms with Crippen LogP contribution in [0, 0.1) is 0 Å². The van der Waals surface area contributed by atoms with Crippen LogP contribution in [0.15, 0.2) is 64.2 Å². The van der Waals surface area contributed by atoms with Crippen LogP contribution in [0.3, 0.4) is 0 Å². The molecule has 1 amide bonds. The molecular weight excluding hydrogens is 460 g/mol. The molecule has 2 aromatic carbocycles. The first kappa shape index (κ1) is 25.1. The number of benzene rings is 2. The number of hydrogen-bond acceptors (Lipinski definition) is 6. The van der Waals surface area contributed by atoms with E-state index in [-0.39, 0.29) is 24.6 Å². The average molecular weight is 487 g/mol. The van der Waals surface area contributed by atoms with E-state index in [0.29, 0.717) is 23.8 Å². The first-order valence-electron chi connectivity index (χ1n) is 10.7. The number of nitrogen functional groups attached to an aromatic ring is 1. The molecule has 0 saturated heterocycles. The number of ether oxygens (including phenoxy) is 2. The van der Waals surface area contributed by atoms with E-state index in [1.807, 2.05) is 30.3 Å². The Morgan fingerprint density at radius 2 is 1.82 bits per heavy atom. The number of nitrogens with two attached hydrogens (primary N) is 1. The lowest BCUT2D eigenvalue weighted by Crippen LogP contribution is -2.46. The Hall–Kier alpha value is -3.56. The van der Waals surface area contributed by atoms with Gasteiger partial charge >= 0.3 is 5.69 Å². The van der Waals surface area contributed by atoms with Gasteiger partial charge in [-0.15, -0.1) is 0 Å². The van der Waals surface area contributed by atoms with Crippen molar-refractivity contribution < 1.29 is 14.3 Å². The Bertz CT molecular complexity index is 1220. The Morgan fingerprint density at radius 1 is 1.15 bits per heavy atom. The van der Waals surface area contributed by atoms with Gasteiger partial charge in [0.05, 0.1) is 6.54 Å². The molecule has 1 atom stereocenters. The van der Waals surface area contributed by atoms with Gasteiger partial charge in [-0.2, -0.15) is 0 Å². The zero-order valence-electron chi connectivity index (χ0n) is 19.0. The maximum Gasteiger partial charge on any atom is 0.330 e. The second-order valence-corrected chi connectivity index (χ2v) is 8.05. The summed E-state index contributed by atoms with van der Waals surface area (Å²) in [7, 11) is 1.54. The number of rotatable bonds is 10. The minimum Gasteiger partial charge on any atom is -0.481 e. The molecule has 10 heteroatoms. The summed E-state index contributed by atoms with van der Waals surface area (Å²) in [6, 6.07) is 15.8. The first-order valence-corrected chi connectivity index (χ1v) is 11.1. The van der Waals surface area contributed by atoms with Gasteiger partial charge in [-0.1, -0.05) is 41.9 Å². The standard InChI is InChI=1S/C24H27ClN4O5/c1-16(34-19-11-9-18(25)10-12-19)23(31)28(13-6-14-33-2)20-21(26)29(24(32)27-22(20)30)15-17-7-4-3-5-8-17/h3-5,7-12,16H,6,13-15,26H2,1-2H3,(H,27,30,32). The third kappa shape index (κ3) is 6.06. The number of methoxy groups -OCH3 is 1. The summed E-state index contributed by atoms with van der Waals surface area (Å²) >= 11 is 5.91. The summed E-state index contributed by atoms with van der Waals surface area (Å²) in [5, 5.41) is 0.535. The minimum atomic E-state index is -0.947. The van der Waals surface area contributed by atoms with Gasteiger partial charge in [0.25, 0.3) is 11.5 Å². The Balaban J connectivity index is 1.97. The van der Waals surface area contributed by atoms with E-state index >= 15 is 0 Å². The first-order chi connectivity index (χ1) is 16.3. The van der Waals surface area contributed by atoms with Crippen LogP contribution < -0.4 is 26.6 Å². The Morgan fingerprint density at radius 3 is 2.47 bits per heavy atom. The van der Waals surface area contributed by atoms with Crippen molar-refractivity contribution in [1.29, 1.82) is 0 Å². The number of carbonyl (C=O) groups excluding carboxylic acids is 1. The highest BCUT2D eigenvalue weighted by Gasteiger charge is 2.28. The summed E-state index contributed by atoms with van der Waals surface area (Å²) in [5.41, 5.74) is 5.59. The molecule has 180 valence electrons.